The summed E-state index contributed by atoms with van der Waals surface area (Å²) in [7, 11) is 1.61. The van der Waals surface area contributed by atoms with Gasteiger partial charge in [0, 0.05) is 30.3 Å². The summed E-state index contributed by atoms with van der Waals surface area (Å²) in [5.41, 5.74) is 0.653. The van der Waals surface area contributed by atoms with Gasteiger partial charge in [0.15, 0.2) is 0 Å². The Kier molecular flexibility index (Phi) is 4.25. The van der Waals surface area contributed by atoms with E-state index in [9.17, 15) is 9.90 Å². The largest absolute Gasteiger partial charge is 0.497 e. The summed E-state index contributed by atoms with van der Waals surface area (Å²) in [5.74, 6) is 0.721. The lowest BCUT2D eigenvalue weighted by Crippen LogP contribution is -2.50. The van der Waals surface area contributed by atoms with Gasteiger partial charge >= 0.3 is 6.03 Å². The van der Waals surface area contributed by atoms with Gasteiger partial charge in [0.2, 0.25) is 0 Å². The average Bonchev–Trinajstić information content (AvgIpc) is 2.88. The van der Waals surface area contributed by atoms with Crippen molar-refractivity contribution in [3.63, 3.8) is 0 Å². The molecule has 1 spiro atoms. The first-order chi connectivity index (χ1) is 10.6. The topological polar surface area (TPSA) is 61.8 Å². The highest BCUT2D eigenvalue weighted by Crippen LogP contribution is 2.45. The van der Waals surface area contributed by atoms with E-state index in [1.165, 1.54) is 0 Å². The summed E-state index contributed by atoms with van der Waals surface area (Å²) >= 11 is 0. The zero-order chi connectivity index (χ0) is 15.6. The minimum Gasteiger partial charge on any atom is -0.497 e. The number of aliphatic hydroxyl groups is 1. The number of amides is 2. The molecule has 1 aliphatic carbocycles. The number of rotatable bonds is 2. The van der Waals surface area contributed by atoms with E-state index in [0.29, 0.717) is 6.54 Å². The molecule has 2 amide bonds. The molecule has 1 aliphatic heterocycles. The number of piperidine rings is 1. The van der Waals surface area contributed by atoms with Gasteiger partial charge in [-0.15, -0.1) is 0 Å². The number of ether oxygens (including phenoxy) is 1. The van der Waals surface area contributed by atoms with Crippen LogP contribution in [0.15, 0.2) is 24.3 Å². The lowest BCUT2D eigenvalue weighted by molar-refractivity contribution is 0.00400. The van der Waals surface area contributed by atoms with Crippen LogP contribution in [0.3, 0.4) is 0 Å². The Morgan fingerprint density at radius 2 is 2.23 bits per heavy atom. The number of anilines is 1. The highest BCUT2D eigenvalue weighted by atomic mass is 16.5. The molecule has 1 saturated carbocycles. The summed E-state index contributed by atoms with van der Waals surface area (Å²) in [5, 5.41) is 13.2. The van der Waals surface area contributed by atoms with Gasteiger partial charge in [-0.05, 0) is 37.8 Å². The van der Waals surface area contributed by atoms with Gasteiger partial charge in [-0.3, -0.25) is 0 Å². The van der Waals surface area contributed by atoms with Crippen molar-refractivity contribution in [1.29, 1.82) is 0 Å². The minimum atomic E-state index is -0.264. The Labute approximate surface area is 131 Å². The number of benzene rings is 1. The van der Waals surface area contributed by atoms with Crippen LogP contribution in [0.4, 0.5) is 10.5 Å². The molecule has 3 rings (SSSR count). The molecule has 2 aliphatic rings. The van der Waals surface area contributed by atoms with Crippen molar-refractivity contribution < 1.29 is 14.6 Å². The summed E-state index contributed by atoms with van der Waals surface area (Å²) in [6.07, 6.45) is 4.68. The number of methoxy groups -OCH3 is 1. The van der Waals surface area contributed by atoms with Gasteiger partial charge in [0.25, 0.3) is 0 Å². The third-order valence-corrected chi connectivity index (χ3v) is 5.08. The Balaban J connectivity index is 1.66. The van der Waals surface area contributed by atoms with Crippen molar-refractivity contribution in [2.45, 2.75) is 38.2 Å². The SMILES string of the molecule is COc1cccc(NC(=O)N2CCC[C@]3(CCC[C@H]3O)C2)c1. The molecule has 0 bridgehead atoms. The maximum absolute atomic E-state index is 12.5. The molecule has 5 heteroatoms. The van der Waals surface area contributed by atoms with Crippen LogP contribution < -0.4 is 10.1 Å². The number of nitrogens with one attached hydrogen (secondary N) is 1. The van der Waals surface area contributed by atoms with E-state index in [-0.39, 0.29) is 17.6 Å². The summed E-state index contributed by atoms with van der Waals surface area (Å²) < 4.78 is 5.17. The van der Waals surface area contributed by atoms with Crippen LogP contribution in [0.2, 0.25) is 0 Å². The molecule has 2 N–H and O–H groups in total. The Morgan fingerprint density at radius 3 is 2.95 bits per heavy atom. The molecule has 0 unspecified atom stereocenters. The van der Waals surface area contributed by atoms with Crippen LogP contribution >= 0.6 is 0 Å². The van der Waals surface area contributed by atoms with E-state index in [4.69, 9.17) is 4.74 Å². The number of carbonyl (C=O) groups excluding carboxylic acids is 1. The molecule has 1 heterocycles. The van der Waals surface area contributed by atoms with Gasteiger partial charge in [-0.1, -0.05) is 12.5 Å². The van der Waals surface area contributed by atoms with E-state index in [0.717, 1.165) is 50.1 Å². The Hall–Kier alpha value is -1.75. The van der Waals surface area contributed by atoms with Crippen molar-refractivity contribution >= 4 is 11.7 Å². The smallest absolute Gasteiger partial charge is 0.321 e. The first-order valence-corrected chi connectivity index (χ1v) is 8.01. The molecule has 120 valence electrons. The van der Waals surface area contributed by atoms with E-state index in [1.54, 1.807) is 7.11 Å². The second-order valence-corrected chi connectivity index (χ2v) is 6.46. The molecule has 0 radical (unpaired) electrons. The minimum absolute atomic E-state index is 0.0794. The van der Waals surface area contributed by atoms with Gasteiger partial charge in [0.1, 0.15) is 5.75 Å². The van der Waals surface area contributed by atoms with Crippen molar-refractivity contribution in [3.8, 4) is 5.75 Å². The fourth-order valence-corrected chi connectivity index (χ4v) is 3.83. The molecule has 1 saturated heterocycles. The van der Waals surface area contributed by atoms with E-state index in [2.05, 4.69) is 5.32 Å². The number of urea groups is 1. The van der Waals surface area contributed by atoms with Crippen molar-refractivity contribution in [1.82, 2.24) is 4.90 Å². The number of hydrogen-bond donors (Lipinski definition) is 2. The molecule has 2 fully saturated rings. The zero-order valence-electron chi connectivity index (χ0n) is 13.0. The monoisotopic (exact) mass is 304 g/mol. The van der Waals surface area contributed by atoms with Gasteiger partial charge < -0.3 is 20.1 Å². The van der Waals surface area contributed by atoms with Gasteiger partial charge in [-0.25, -0.2) is 4.79 Å². The fourth-order valence-electron chi connectivity index (χ4n) is 3.83. The predicted molar refractivity (Wildman–Crippen MR) is 85.1 cm³/mol. The quantitative estimate of drug-likeness (QED) is 0.883. The van der Waals surface area contributed by atoms with E-state index < -0.39 is 0 Å². The number of nitrogens with zero attached hydrogens (tertiary/aromatic N) is 1. The standard InChI is InChI=1S/C17H24N2O3/c1-22-14-6-2-5-13(11-14)18-16(21)19-10-4-9-17(12-19)8-3-7-15(17)20/h2,5-6,11,15,20H,3-4,7-10,12H2,1H3,(H,18,21)/t15-,17-/m1/s1. The number of aliphatic hydroxyl groups excluding tert-OH is 1. The van der Waals surface area contributed by atoms with Crippen LogP contribution in [0.5, 0.6) is 5.75 Å². The highest BCUT2D eigenvalue weighted by molar-refractivity contribution is 5.89. The molecular weight excluding hydrogens is 280 g/mol. The summed E-state index contributed by atoms with van der Waals surface area (Å²) in [4.78, 5) is 14.4. The molecule has 5 nitrogen and oxygen atoms in total. The summed E-state index contributed by atoms with van der Waals surface area (Å²) in [6.45, 7) is 1.41. The van der Waals surface area contributed by atoms with Crippen molar-refractivity contribution in [2.75, 3.05) is 25.5 Å². The van der Waals surface area contributed by atoms with Crippen LogP contribution in [0.1, 0.15) is 32.1 Å². The zero-order valence-corrected chi connectivity index (χ0v) is 13.0. The van der Waals surface area contributed by atoms with E-state index in [1.807, 2.05) is 29.2 Å². The third-order valence-electron chi connectivity index (χ3n) is 5.08. The van der Waals surface area contributed by atoms with Gasteiger partial charge in [-0.2, -0.15) is 0 Å². The van der Waals surface area contributed by atoms with Gasteiger partial charge in [0.05, 0.1) is 13.2 Å². The van der Waals surface area contributed by atoms with Crippen LogP contribution in [-0.4, -0.2) is 42.3 Å². The molecule has 22 heavy (non-hydrogen) atoms. The normalized spacial score (nSPS) is 27.9. The Bertz CT molecular complexity index is 548. The van der Waals surface area contributed by atoms with Crippen LogP contribution in [0, 0.1) is 5.41 Å². The lowest BCUT2D eigenvalue weighted by atomic mass is 9.77. The number of hydrogen-bond acceptors (Lipinski definition) is 3. The van der Waals surface area contributed by atoms with Crippen LogP contribution in [-0.2, 0) is 0 Å². The second kappa shape index (κ2) is 6.16. The fraction of sp³-hybridized carbons (Fsp3) is 0.588. The highest BCUT2D eigenvalue weighted by Gasteiger charge is 2.45. The van der Waals surface area contributed by atoms with Crippen LogP contribution in [0.25, 0.3) is 0 Å². The lowest BCUT2D eigenvalue weighted by Gasteiger charge is -2.42. The maximum atomic E-state index is 12.5. The predicted octanol–water partition coefficient (Wildman–Crippen LogP) is 2.85. The second-order valence-electron chi connectivity index (χ2n) is 6.46. The number of carbonyl (C=O) groups is 1. The molecule has 1 aromatic rings. The van der Waals surface area contributed by atoms with E-state index >= 15 is 0 Å². The van der Waals surface area contributed by atoms with Crippen molar-refractivity contribution in [3.05, 3.63) is 24.3 Å². The first kappa shape index (κ1) is 15.2. The summed E-state index contributed by atoms with van der Waals surface area (Å²) in [6, 6.07) is 7.27. The third kappa shape index (κ3) is 2.90. The molecule has 0 aromatic heterocycles. The maximum Gasteiger partial charge on any atom is 0.321 e. The number of likely N-dealkylation sites (tertiary alicyclic amines) is 1. The van der Waals surface area contributed by atoms with Crippen molar-refractivity contribution in [2.24, 2.45) is 5.41 Å². The molecular formula is C17H24N2O3. The first-order valence-electron chi connectivity index (χ1n) is 8.01. The Morgan fingerprint density at radius 1 is 1.41 bits per heavy atom. The average molecular weight is 304 g/mol. The molecule has 2 atom stereocenters. The molecule has 1 aromatic carbocycles.